The number of benzene rings is 1. The van der Waals surface area contributed by atoms with E-state index in [1.165, 1.54) is 22.0 Å². The summed E-state index contributed by atoms with van der Waals surface area (Å²) in [5, 5.41) is 1.42. The van der Waals surface area contributed by atoms with Crippen molar-refractivity contribution in [1.29, 1.82) is 0 Å². The fourth-order valence-electron chi connectivity index (χ4n) is 5.54. The van der Waals surface area contributed by atoms with Crippen LogP contribution in [0, 0.1) is 5.92 Å². The zero-order valence-corrected chi connectivity index (χ0v) is 19.0. The average Bonchev–Trinajstić information content (AvgIpc) is 3.13. The smallest absolute Gasteiger partial charge is 0.310 e. The number of ether oxygens (including phenoxy) is 2. The molecule has 1 aliphatic heterocycles. The fourth-order valence-corrected chi connectivity index (χ4v) is 5.54. The number of rotatable bonds is 10. The first-order valence-corrected chi connectivity index (χ1v) is 11.9. The molecule has 0 spiro atoms. The van der Waals surface area contributed by atoms with Crippen molar-refractivity contribution in [2.24, 2.45) is 5.92 Å². The standard InChI is InChI=1S/C26H36N2O3/c1-4-11-27-17-19-16-24-22(21-9-7-10-23(27)25(19)21)15-20(18-28(24)12-5-2)26(29)31-14-8-13-30-6-3/h5,7,9-10,17,20,22,24H,2,4,6,8,11-16,18H2,1,3H3/t20-,22?,24-/m1/s1. The van der Waals surface area contributed by atoms with E-state index in [1.54, 1.807) is 0 Å². The first-order valence-electron chi connectivity index (χ1n) is 11.9. The topological polar surface area (TPSA) is 43.7 Å². The number of likely N-dealkylation sites (tertiary alicyclic amines) is 1. The molecule has 3 atom stereocenters. The van der Waals surface area contributed by atoms with Crippen LogP contribution < -0.4 is 0 Å². The highest BCUT2D eigenvalue weighted by Gasteiger charge is 2.43. The lowest BCUT2D eigenvalue weighted by atomic mass is 9.72. The highest BCUT2D eigenvalue weighted by molar-refractivity contribution is 5.89. The molecule has 0 radical (unpaired) electrons. The van der Waals surface area contributed by atoms with E-state index in [1.807, 2.05) is 13.0 Å². The Morgan fingerprint density at radius 1 is 1.29 bits per heavy atom. The molecule has 1 fully saturated rings. The third kappa shape index (κ3) is 4.44. The third-order valence-corrected chi connectivity index (χ3v) is 6.82. The Morgan fingerprint density at radius 2 is 2.16 bits per heavy atom. The summed E-state index contributed by atoms with van der Waals surface area (Å²) in [4.78, 5) is 15.4. The van der Waals surface area contributed by atoms with Crippen LogP contribution in [0.2, 0.25) is 0 Å². The predicted molar refractivity (Wildman–Crippen MR) is 124 cm³/mol. The van der Waals surface area contributed by atoms with Gasteiger partial charge in [-0.1, -0.05) is 25.1 Å². The summed E-state index contributed by atoms with van der Waals surface area (Å²) in [6.45, 7) is 12.5. The number of aromatic nitrogens is 1. The molecular weight excluding hydrogens is 388 g/mol. The van der Waals surface area contributed by atoms with Gasteiger partial charge in [0, 0.05) is 68.3 Å². The number of carbonyl (C=O) groups is 1. The minimum Gasteiger partial charge on any atom is -0.465 e. The van der Waals surface area contributed by atoms with Gasteiger partial charge in [-0.25, -0.2) is 0 Å². The molecule has 1 aliphatic carbocycles. The van der Waals surface area contributed by atoms with E-state index in [0.29, 0.717) is 31.8 Å². The number of aryl methyl sites for hydroxylation is 1. The van der Waals surface area contributed by atoms with Crippen molar-refractivity contribution < 1.29 is 14.3 Å². The first kappa shape index (κ1) is 22.1. The van der Waals surface area contributed by atoms with E-state index in [-0.39, 0.29) is 11.9 Å². The van der Waals surface area contributed by atoms with Gasteiger partial charge in [-0.15, -0.1) is 6.58 Å². The molecule has 31 heavy (non-hydrogen) atoms. The summed E-state index contributed by atoms with van der Waals surface area (Å²) in [6, 6.07) is 7.12. The molecule has 5 nitrogen and oxygen atoms in total. The fraction of sp³-hybridized carbons (Fsp3) is 0.577. The Morgan fingerprint density at radius 3 is 2.94 bits per heavy atom. The van der Waals surface area contributed by atoms with E-state index in [9.17, 15) is 4.79 Å². The van der Waals surface area contributed by atoms with Crippen molar-refractivity contribution in [2.45, 2.75) is 58.0 Å². The number of esters is 1. The lowest BCUT2D eigenvalue weighted by molar-refractivity contribution is -0.151. The van der Waals surface area contributed by atoms with E-state index < -0.39 is 0 Å². The Hall–Kier alpha value is -2.11. The van der Waals surface area contributed by atoms with Gasteiger partial charge in [-0.3, -0.25) is 9.69 Å². The molecule has 1 saturated heterocycles. The van der Waals surface area contributed by atoms with Crippen molar-refractivity contribution >= 4 is 16.9 Å². The highest BCUT2D eigenvalue weighted by atomic mass is 16.5. The summed E-state index contributed by atoms with van der Waals surface area (Å²) in [7, 11) is 0. The van der Waals surface area contributed by atoms with E-state index in [2.05, 4.69) is 47.4 Å². The van der Waals surface area contributed by atoms with Gasteiger partial charge in [0.25, 0.3) is 0 Å². The van der Waals surface area contributed by atoms with E-state index in [4.69, 9.17) is 9.47 Å². The molecule has 2 aromatic rings. The maximum atomic E-state index is 12.9. The molecule has 1 unspecified atom stereocenters. The molecule has 168 valence electrons. The Kier molecular flexibility index (Phi) is 7.13. The number of carbonyl (C=O) groups excluding carboxylic acids is 1. The molecule has 1 aromatic carbocycles. The Labute approximate surface area is 186 Å². The number of nitrogens with zero attached hydrogens (tertiary/aromatic N) is 2. The van der Waals surface area contributed by atoms with Crippen LogP contribution in [0.5, 0.6) is 0 Å². The minimum absolute atomic E-state index is 0.0643. The summed E-state index contributed by atoms with van der Waals surface area (Å²) >= 11 is 0. The average molecular weight is 425 g/mol. The second-order valence-electron chi connectivity index (χ2n) is 8.86. The van der Waals surface area contributed by atoms with Crippen molar-refractivity contribution in [3.05, 3.63) is 48.2 Å². The van der Waals surface area contributed by atoms with Gasteiger partial charge >= 0.3 is 5.97 Å². The van der Waals surface area contributed by atoms with Crippen LogP contribution in [0.25, 0.3) is 10.9 Å². The van der Waals surface area contributed by atoms with Crippen molar-refractivity contribution in [2.75, 3.05) is 32.9 Å². The zero-order chi connectivity index (χ0) is 21.8. The number of piperidine rings is 1. The van der Waals surface area contributed by atoms with Crippen LogP contribution in [-0.4, -0.2) is 54.4 Å². The maximum Gasteiger partial charge on any atom is 0.310 e. The maximum absolute atomic E-state index is 12.9. The minimum atomic E-state index is -0.0946. The zero-order valence-electron chi connectivity index (χ0n) is 19.0. The van der Waals surface area contributed by atoms with Crippen molar-refractivity contribution in [1.82, 2.24) is 9.47 Å². The lowest BCUT2D eigenvalue weighted by Gasteiger charge is -2.46. The van der Waals surface area contributed by atoms with Crippen molar-refractivity contribution in [3.8, 4) is 0 Å². The highest BCUT2D eigenvalue weighted by Crippen LogP contribution is 2.45. The van der Waals surface area contributed by atoms with Crippen molar-refractivity contribution in [3.63, 3.8) is 0 Å². The second kappa shape index (κ2) is 10.0. The summed E-state index contributed by atoms with van der Waals surface area (Å²) in [5.74, 6) is 0.191. The van der Waals surface area contributed by atoms with Crippen LogP contribution in [0.4, 0.5) is 0 Å². The van der Waals surface area contributed by atoms with Gasteiger partial charge < -0.3 is 14.0 Å². The first-order chi connectivity index (χ1) is 15.2. The second-order valence-corrected chi connectivity index (χ2v) is 8.86. The van der Waals surface area contributed by atoms with Gasteiger partial charge in [0.2, 0.25) is 0 Å². The van der Waals surface area contributed by atoms with Crippen LogP contribution >= 0.6 is 0 Å². The molecule has 0 saturated carbocycles. The Bertz CT molecular complexity index is 919. The van der Waals surface area contributed by atoms with Crippen LogP contribution in [0.15, 0.2) is 37.1 Å². The third-order valence-electron chi connectivity index (χ3n) is 6.82. The molecule has 4 rings (SSSR count). The normalized spacial score (nSPS) is 23.0. The van der Waals surface area contributed by atoms with Gasteiger partial charge in [-0.2, -0.15) is 0 Å². The summed E-state index contributed by atoms with van der Waals surface area (Å²) in [6.07, 6.45) is 8.10. The molecular formula is C26H36N2O3. The van der Waals surface area contributed by atoms with Crippen LogP contribution in [-0.2, 0) is 27.2 Å². The molecule has 2 heterocycles. The van der Waals surface area contributed by atoms with Crippen LogP contribution in [0.3, 0.4) is 0 Å². The lowest BCUT2D eigenvalue weighted by Crippen LogP contribution is -2.51. The molecule has 0 amide bonds. The molecule has 1 aromatic heterocycles. The monoisotopic (exact) mass is 424 g/mol. The van der Waals surface area contributed by atoms with E-state index in [0.717, 1.165) is 45.3 Å². The SMILES string of the molecule is C=CCN1C[C@H](C(=O)OCCCOCC)CC2c3cccc4c3c(cn4CCC)C[C@H]21. The van der Waals surface area contributed by atoms with Gasteiger partial charge in [0.1, 0.15) is 0 Å². The van der Waals surface area contributed by atoms with Gasteiger partial charge in [-0.05, 0) is 43.4 Å². The largest absolute Gasteiger partial charge is 0.465 e. The number of hydrogen-bond donors (Lipinski definition) is 0. The predicted octanol–water partition coefficient (Wildman–Crippen LogP) is 4.54. The van der Waals surface area contributed by atoms with Crippen LogP contribution in [0.1, 0.15) is 50.2 Å². The summed E-state index contributed by atoms with van der Waals surface area (Å²) in [5.41, 5.74) is 4.19. The molecule has 5 heteroatoms. The van der Waals surface area contributed by atoms with Gasteiger partial charge in [0.05, 0.1) is 12.5 Å². The summed E-state index contributed by atoms with van der Waals surface area (Å²) < 4.78 is 13.4. The Balaban J connectivity index is 1.57. The number of fused-ring (bicyclic) bond motifs is 2. The van der Waals surface area contributed by atoms with Gasteiger partial charge in [0.15, 0.2) is 0 Å². The molecule has 0 bridgehead atoms. The van der Waals surface area contributed by atoms with E-state index >= 15 is 0 Å². The quantitative estimate of drug-likeness (QED) is 0.319. The molecule has 2 aliphatic rings. The number of hydrogen-bond acceptors (Lipinski definition) is 4. The molecule has 0 N–H and O–H groups in total.